The van der Waals surface area contributed by atoms with Crippen molar-refractivity contribution in [2.24, 2.45) is 17.8 Å². The highest BCUT2D eigenvalue weighted by atomic mass is 15.3. The van der Waals surface area contributed by atoms with Crippen molar-refractivity contribution < 1.29 is 4.48 Å². The minimum Gasteiger partial charge on any atom is -0.326 e. The molecule has 1 saturated carbocycles. The van der Waals surface area contributed by atoms with Gasteiger partial charge < -0.3 is 4.48 Å². The zero-order valence-corrected chi connectivity index (χ0v) is 16.5. The van der Waals surface area contributed by atoms with Crippen molar-refractivity contribution in [2.45, 2.75) is 97.3 Å². The van der Waals surface area contributed by atoms with Crippen molar-refractivity contribution >= 4 is 0 Å². The van der Waals surface area contributed by atoms with Gasteiger partial charge in [0.2, 0.25) is 0 Å². The average molecular weight is 323 g/mol. The molecule has 2 unspecified atom stereocenters. The molecule has 1 heterocycles. The van der Waals surface area contributed by atoms with Gasteiger partial charge in [0.15, 0.2) is 0 Å². The Bertz CT molecular complexity index is 305. The van der Waals surface area contributed by atoms with E-state index in [0.29, 0.717) is 0 Å². The van der Waals surface area contributed by atoms with Crippen LogP contribution in [0.15, 0.2) is 0 Å². The first-order valence-electron chi connectivity index (χ1n) is 10.9. The highest BCUT2D eigenvalue weighted by Crippen LogP contribution is 2.35. The van der Waals surface area contributed by atoms with Gasteiger partial charge in [-0.25, -0.2) is 0 Å². The molecule has 23 heavy (non-hydrogen) atoms. The highest BCUT2D eigenvalue weighted by Gasteiger charge is 2.23. The Hall–Kier alpha value is -0.0400. The van der Waals surface area contributed by atoms with E-state index in [-0.39, 0.29) is 0 Å². The van der Waals surface area contributed by atoms with Crippen LogP contribution >= 0.6 is 0 Å². The zero-order valence-electron chi connectivity index (χ0n) is 16.5. The summed E-state index contributed by atoms with van der Waals surface area (Å²) in [5, 5.41) is 0. The van der Waals surface area contributed by atoms with Gasteiger partial charge in [0.1, 0.15) is 0 Å². The molecule has 1 aliphatic heterocycles. The average Bonchev–Trinajstić information content (AvgIpc) is 2.55. The third-order valence-corrected chi connectivity index (χ3v) is 7.19. The van der Waals surface area contributed by atoms with Crippen LogP contribution in [0.2, 0.25) is 0 Å². The molecule has 1 aliphatic carbocycles. The van der Waals surface area contributed by atoms with Crippen molar-refractivity contribution in [1.29, 1.82) is 0 Å². The van der Waals surface area contributed by atoms with Crippen LogP contribution in [-0.4, -0.2) is 31.2 Å². The molecule has 0 spiro atoms. The standard InChI is InChI=1S/C22H44N/c1-4-23(3)17-9-6-5-7-11-21(12-8-10-18-23)19-22-15-13-20(2)14-16-22/h20-22H,4-19H2,1-3H3/q+1. The number of hydrogen-bond acceptors (Lipinski definition) is 0. The molecule has 0 bridgehead atoms. The van der Waals surface area contributed by atoms with Crippen molar-refractivity contribution in [2.75, 3.05) is 26.7 Å². The first kappa shape index (κ1) is 19.3. The van der Waals surface area contributed by atoms with Gasteiger partial charge in [0, 0.05) is 0 Å². The largest absolute Gasteiger partial charge is 0.326 e. The second kappa shape index (κ2) is 10.1. The van der Waals surface area contributed by atoms with E-state index in [4.69, 9.17) is 0 Å². The second-order valence-electron chi connectivity index (χ2n) is 9.31. The fourth-order valence-electron chi connectivity index (χ4n) is 5.05. The summed E-state index contributed by atoms with van der Waals surface area (Å²) in [5.74, 6) is 3.13. The molecule has 2 rings (SSSR count). The summed E-state index contributed by atoms with van der Waals surface area (Å²) in [5.41, 5.74) is 0. The maximum atomic E-state index is 2.49. The normalized spacial score (nSPS) is 38.5. The molecule has 1 saturated heterocycles. The summed E-state index contributed by atoms with van der Waals surface area (Å²) in [6, 6.07) is 0. The first-order chi connectivity index (χ1) is 11.1. The van der Waals surface area contributed by atoms with Gasteiger partial charge in [0.25, 0.3) is 0 Å². The maximum Gasteiger partial charge on any atom is 0.0784 e. The van der Waals surface area contributed by atoms with Crippen molar-refractivity contribution in [3.8, 4) is 0 Å². The van der Waals surface area contributed by atoms with Gasteiger partial charge in [-0.05, 0) is 56.8 Å². The molecule has 136 valence electrons. The van der Waals surface area contributed by atoms with Crippen LogP contribution < -0.4 is 0 Å². The Kier molecular flexibility index (Phi) is 8.44. The maximum absolute atomic E-state index is 2.49. The lowest BCUT2D eigenvalue weighted by atomic mass is 9.76. The fourth-order valence-corrected chi connectivity index (χ4v) is 5.05. The highest BCUT2D eigenvalue weighted by molar-refractivity contribution is 4.74. The van der Waals surface area contributed by atoms with E-state index >= 15 is 0 Å². The predicted octanol–water partition coefficient (Wildman–Crippen LogP) is 6.42. The number of quaternary nitrogens is 1. The predicted molar refractivity (Wildman–Crippen MR) is 103 cm³/mol. The molecule has 1 heteroatoms. The Labute approximate surface area is 146 Å². The van der Waals surface area contributed by atoms with E-state index in [0.717, 1.165) is 17.8 Å². The van der Waals surface area contributed by atoms with E-state index in [1.54, 1.807) is 6.42 Å². The Balaban J connectivity index is 1.78. The van der Waals surface area contributed by atoms with Gasteiger partial charge in [-0.2, -0.15) is 0 Å². The minimum atomic E-state index is 1.01. The van der Waals surface area contributed by atoms with Crippen LogP contribution in [-0.2, 0) is 0 Å². The molecule has 2 aliphatic rings. The van der Waals surface area contributed by atoms with E-state index in [2.05, 4.69) is 20.9 Å². The minimum absolute atomic E-state index is 1.01. The van der Waals surface area contributed by atoms with Crippen LogP contribution in [0, 0.1) is 17.8 Å². The third kappa shape index (κ3) is 7.16. The molecule has 0 N–H and O–H groups in total. The van der Waals surface area contributed by atoms with Gasteiger partial charge >= 0.3 is 0 Å². The zero-order chi connectivity index (χ0) is 16.5. The summed E-state index contributed by atoms with van der Waals surface area (Å²) in [4.78, 5) is 0. The van der Waals surface area contributed by atoms with Crippen LogP contribution in [0.4, 0.5) is 0 Å². The van der Waals surface area contributed by atoms with E-state index in [1.807, 2.05) is 0 Å². The lowest BCUT2D eigenvalue weighted by Crippen LogP contribution is -2.45. The second-order valence-corrected chi connectivity index (χ2v) is 9.31. The summed E-state index contributed by atoms with van der Waals surface area (Å²) < 4.78 is 1.32. The first-order valence-corrected chi connectivity index (χ1v) is 10.9. The number of rotatable bonds is 3. The fraction of sp³-hybridized carbons (Fsp3) is 1.00. The Morgan fingerprint density at radius 2 is 1.22 bits per heavy atom. The molecule has 0 amide bonds. The van der Waals surface area contributed by atoms with Crippen molar-refractivity contribution in [3.63, 3.8) is 0 Å². The third-order valence-electron chi connectivity index (χ3n) is 7.19. The summed E-state index contributed by atoms with van der Waals surface area (Å²) in [6.45, 7) is 9.00. The van der Waals surface area contributed by atoms with Gasteiger partial charge in [-0.3, -0.25) is 0 Å². The molecule has 1 nitrogen and oxygen atoms in total. The van der Waals surface area contributed by atoms with Crippen LogP contribution in [0.25, 0.3) is 0 Å². The summed E-state index contributed by atoms with van der Waals surface area (Å²) >= 11 is 0. The molecular weight excluding hydrogens is 278 g/mol. The van der Waals surface area contributed by atoms with Crippen LogP contribution in [0.5, 0.6) is 0 Å². The Morgan fingerprint density at radius 1 is 0.696 bits per heavy atom. The lowest BCUT2D eigenvalue weighted by Gasteiger charge is -2.34. The monoisotopic (exact) mass is 322 g/mol. The summed E-state index contributed by atoms with van der Waals surface area (Å²) in [7, 11) is 2.49. The molecule has 0 radical (unpaired) electrons. The topological polar surface area (TPSA) is 0 Å². The lowest BCUT2D eigenvalue weighted by molar-refractivity contribution is -0.908. The number of nitrogens with zero attached hydrogens (tertiary/aromatic N) is 1. The molecule has 0 aromatic heterocycles. The molecular formula is C22H44N+. The smallest absolute Gasteiger partial charge is 0.0784 e. The molecule has 0 aromatic rings. The van der Waals surface area contributed by atoms with E-state index in [9.17, 15) is 0 Å². The molecule has 0 aromatic carbocycles. The molecule has 2 atom stereocenters. The van der Waals surface area contributed by atoms with Gasteiger partial charge in [-0.15, -0.1) is 0 Å². The van der Waals surface area contributed by atoms with Crippen LogP contribution in [0.3, 0.4) is 0 Å². The van der Waals surface area contributed by atoms with E-state index in [1.165, 1.54) is 101 Å². The summed E-state index contributed by atoms with van der Waals surface area (Å²) in [6.07, 6.45) is 19.6. The van der Waals surface area contributed by atoms with Crippen molar-refractivity contribution in [1.82, 2.24) is 0 Å². The SMILES string of the molecule is CC[N+]1(C)CCCCCCC(CC2CCC(C)CC2)CCCC1. The van der Waals surface area contributed by atoms with Crippen molar-refractivity contribution in [3.05, 3.63) is 0 Å². The van der Waals surface area contributed by atoms with Crippen LogP contribution in [0.1, 0.15) is 97.3 Å². The number of hydrogen-bond donors (Lipinski definition) is 0. The van der Waals surface area contributed by atoms with Gasteiger partial charge in [0.05, 0.1) is 26.7 Å². The molecule has 2 fully saturated rings. The van der Waals surface area contributed by atoms with E-state index < -0.39 is 0 Å². The Morgan fingerprint density at radius 3 is 1.87 bits per heavy atom. The van der Waals surface area contributed by atoms with Gasteiger partial charge in [-0.1, -0.05) is 58.3 Å². The quantitative estimate of drug-likeness (QED) is 0.526.